The first-order valence-electron chi connectivity index (χ1n) is 24.3. The zero-order valence-corrected chi connectivity index (χ0v) is 39.9. The Labute approximate surface area is 386 Å². The number of nitrogens with zero attached hydrogens (tertiary/aromatic N) is 1. The van der Waals surface area contributed by atoms with Crippen LogP contribution in [-0.4, -0.2) is 64.6 Å². The van der Waals surface area contributed by atoms with Crippen LogP contribution in [0, 0.1) is 56.7 Å². The molecule has 3 aromatic rings. The highest BCUT2D eigenvalue weighted by molar-refractivity contribution is 5.97. The zero-order valence-electron chi connectivity index (χ0n) is 39.9. The second-order valence-electron chi connectivity index (χ2n) is 22.1. The van der Waals surface area contributed by atoms with Crippen LogP contribution in [0.25, 0.3) is 0 Å². The average Bonchev–Trinajstić information content (AvgIpc) is 3.96. The number of aliphatic hydroxyl groups excluding tert-OH is 1. The topological polar surface area (TPSA) is 163 Å². The molecule has 11 heteroatoms. The lowest BCUT2D eigenvalue weighted by Crippen LogP contribution is -2.67. The highest BCUT2D eigenvalue weighted by Gasteiger charge is 2.71. The third-order valence-electron chi connectivity index (χ3n) is 18.8. The summed E-state index contributed by atoms with van der Waals surface area (Å²) in [5.41, 5.74) is 4.69. The Kier molecular flexibility index (Phi) is 12.8. The van der Waals surface area contributed by atoms with Crippen molar-refractivity contribution in [2.75, 3.05) is 13.7 Å². The van der Waals surface area contributed by atoms with Gasteiger partial charge in [-0.1, -0.05) is 71.0 Å². The smallest absolute Gasteiger partial charge is 0.328 e. The van der Waals surface area contributed by atoms with Gasteiger partial charge in [0.15, 0.2) is 0 Å². The molecule has 11 atom stereocenters. The summed E-state index contributed by atoms with van der Waals surface area (Å²) in [6.45, 7) is 20.0. The molecule has 0 radical (unpaired) electrons. The molecule has 0 bridgehead atoms. The SMILES string of the molecule is C=C(C)[C@@H]1CC[C@]2(C(=O)NCCc3cccc(C(=O)NCc4ccc(C(=O)N[C@H](Cc5cnc[nH]5)C(=O)OC)cc4)c3)CC[C@]3(C)C(CCC4[C@@]5(C)CC[C@H](O)C(C)(C)C5CC[C@]43C)C12. The lowest BCUT2D eigenvalue weighted by molar-refractivity contribution is -0.246. The minimum absolute atomic E-state index is 0.0723. The van der Waals surface area contributed by atoms with Crippen LogP contribution < -0.4 is 16.0 Å². The number of amides is 3. The van der Waals surface area contributed by atoms with Crippen molar-refractivity contribution in [3.05, 3.63) is 101 Å². The molecule has 5 fully saturated rings. The van der Waals surface area contributed by atoms with E-state index in [0.29, 0.717) is 53.5 Å². The Hall–Kier alpha value is -4.77. The van der Waals surface area contributed by atoms with Crippen molar-refractivity contribution in [3.63, 3.8) is 0 Å². The van der Waals surface area contributed by atoms with Crippen LogP contribution in [0.15, 0.2) is 73.2 Å². The maximum Gasteiger partial charge on any atom is 0.328 e. The molecule has 2 aromatic carbocycles. The molecule has 5 aliphatic carbocycles. The molecule has 8 rings (SSSR count). The van der Waals surface area contributed by atoms with E-state index in [1.165, 1.54) is 38.3 Å². The first kappa shape index (κ1) is 46.7. The van der Waals surface area contributed by atoms with Crippen LogP contribution in [-0.2, 0) is 33.7 Å². The summed E-state index contributed by atoms with van der Waals surface area (Å²) in [5, 5.41) is 20.3. The number of carbonyl (C=O) groups is 4. The van der Waals surface area contributed by atoms with Gasteiger partial charge >= 0.3 is 5.97 Å². The summed E-state index contributed by atoms with van der Waals surface area (Å²) in [7, 11) is 1.28. The van der Waals surface area contributed by atoms with E-state index < -0.39 is 23.3 Å². The maximum absolute atomic E-state index is 14.8. The number of H-pyrrole nitrogens is 1. The van der Waals surface area contributed by atoms with E-state index in [1.54, 1.807) is 36.5 Å². The number of fused-ring (bicyclic) bond motifs is 7. The molecule has 1 aromatic heterocycles. The molecule has 5 N–H and O–H groups in total. The summed E-state index contributed by atoms with van der Waals surface area (Å²) in [6.07, 6.45) is 14.4. The second-order valence-corrected chi connectivity index (χ2v) is 22.1. The third-order valence-corrected chi connectivity index (χ3v) is 18.8. The number of ether oxygens (including phenoxy) is 1. The lowest BCUT2D eigenvalue weighted by Gasteiger charge is -2.72. The van der Waals surface area contributed by atoms with Gasteiger partial charge in [0.1, 0.15) is 6.04 Å². The standard InChI is InChI=1S/C54H73N5O6/c1-33(2)39-18-24-54(26-25-52(6)40(45(39)54)16-17-43-51(5)22-20-44(60)50(3,4)42(51)19-23-53(43,52)7)49(64)56-27-21-34-10-9-11-37(28-34)46(61)57-30-35-12-14-36(15-13-35)47(62)59-41(48(63)65-8)29-38-31-55-32-58-38/h9-15,28,31-32,39-45,60H,1,16-27,29-30H2,2-8H3,(H,55,58)(H,56,64)(H,57,61)(H,59,62)/t39-,40?,41+,42?,43?,44-,45?,51-,52+,53+,54-/m0/s1. The number of carbonyl (C=O) groups excluding carboxylic acids is 4. The Bertz CT molecular complexity index is 2270. The van der Waals surface area contributed by atoms with Gasteiger partial charge in [0, 0.05) is 42.5 Å². The third kappa shape index (κ3) is 8.16. The summed E-state index contributed by atoms with van der Waals surface area (Å²) in [4.78, 5) is 60.4. The van der Waals surface area contributed by atoms with E-state index in [1.807, 2.05) is 18.2 Å². The highest BCUT2D eigenvalue weighted by Crippen LogP contribution is 2.77. The fourth-order valence-electron chi connectivity index (χ4n) is 15.1. The van der Waals surface area contributed by atoms with Gasteiger partial charge in [0.05, 0.1) is 25.0 Å². The number of methoxy groups -OCH3 is 1. The number of nitrogens with one attached hydrogen (secondary N) is 4. The van der Waals surface area contributed by atoms with Crippen LogP contribution in [0.4, 0.5) is 0 Å². The number of hydrogen-bond acceptors (Lipinski definition) is 7. The van der Waals surface area contributed by atoms with Crippen molar-refractivity contribution in [2.45, 2.75) is 137 Å². The summed E-state index contributed by atoms with van der Waals surface area (Å²) >= 11 is 0. The minimum Gasteiger partial charge on any atom is -0.467 e. The first-order chi connectivity index (χ1) is 30.9. The summed E-state index contributed by atoms with van der Waals surface area (Å²) in [6, 6.07) is 13.6. The fourth-order valence-corrected chi connectivity index (χ4v) is 15.1. The van der Waals surface area contributed by atoms with E-state index in [-0.39, 0.29) is 58.5 Å². The van der Waals surface area contributed by atoms with Gasteiger partial charge in [0.2, 0.25) is 5.91 Å². The van der Waals surface area contributed by atoms with Gasteiger partial charge in [-0.25, -0.2) is 9.78 Å². The Morgan fingerprint density at radius 1 is 0.846 bits per heavy atom. The number of aliphatic hydroxyl groups is 1. The first-order valence-corrected chi connectivity index (χ1v) is 24.3. The van der Waals surface area contributed by atoms with Gasteiger partial charge < -0.3 is 30.8 Å². The van der Waals surface area contributed by atoms with Gasteiger partial charge in [0.25, 0.3) is 11.8 Å². The minimum atomic E-state index is -0.883. The zero-order chi connectivity index (χ0) is 46.5. The number of rotatable bonds is 13. The van der Waals surface area contributed by atoms with Gasteiger partial charge in [-0.2, -0.15) is 0 Å². The predicted molar refractivity (Wildman–Crippen MR) is 251 cm³/mol. The maximum atomic E-state index is 14.8. The predicted octanol–water partition coefficient (Wildman–Crippen LogP) is 8.53. The van der Waals surface area contributed by atoms with Gasteiger partial charge in [-0.3, -0.25) is 14.4 Å². The quantitative estimate of drug-likeness (QED) is 0.0849. The number of hydrogen-bond donors (Lipinski definition) is 5. The number of aromatic nitrogens is 2. The van der Waals surface area contributed by atoms with Crippen molar-refractivity contribution < 1.29 is 29.0 Å². The number of allylic oxidation sites excluding steroid dienone is 1. The Morgan fingerprint density at radius 2 is 1.62 bits per heavy atom. The van der Waals surface area contributed by atoms with Crippen molar-refractivity contribution in [2.24, 2.45) is 56.7 Å². The van der Waals surface area contributed by atoms with Gasteiger partial charge in [-0.15, -0.1) is 0 Å². The monoisotopic (exact) mass is 888 g/mol. The lowest BCUT2D eigenvalue weighted by atomic mass is 9.32. The summed E-state index contributed by atoms with van der Waals surface area (Å²) < 4.78 is 4.89. The van der Waals surface area contributed by atoms with E-state index in [4.69, 9.17) is 4.74 Å². The number of imidazole rings is 1. The normalized spacial score (nSPS) is 33.8. The van der Waals surface area contributed by atoms with Crippen molar-refractivity contribution in [3.8, 4) is 0 Å². The van der Waals surface area contributed by atoms with Crippen LogP contribution in [0.2, 0.25) is 0 Å². The highest BCUT2D eigenvalue weighted by atomic mass is 16.5. The van der Waals surface area contributed by atoms with E-state index >= 15 is 0 Å². The van der Waals surface area contributed by atoms with E-state index in [9.17, 15) is 24.3 Å². The van der Waals surface area contributed by atoms with Crippen LogP contribution in [0.1, 0.15) is 143 Å². The van der Waals surface area contributed by atoms with Crippen molar-refractivity contribution in [1.82, 2.24) is 25.9 Å². The largest absolute Gasteiger partial charge is 0.467 e. The molecule has 0 saturated heterocycles. The molecule has 350 valence electrons. The molecule has 5 aliphatic rings. The molecule has 0 aliphatic heterocycles. The van der Waals surface area contributed by atoms with Crippen LogP contribution in [0.3, 0.4) is 0 Å². The number of benzene rings is 2. The molecule has 65 heavy (non-hydrogen) atoms. The van der Waals surface area contributed by atoms with Gasteiger partial charge in [-0.05, 0) is 164 Å². The number of aromatic amines is 1. The fraction of sp³-hybridized carbons (Fsp3) is 0.611. The molecule has 0 spiro atoms. The Morgan fingerprint density at radius 3 is 2.32 bits per heavy atom. The summed E-state index contributed by atoms with van der Waals surface area (Å²) in [5.74, 6) is 1.25. The van der Waals surface area contributed by atoms with Crippen molar-refractivity contribution >= 4 is 23.7 Å². The molecular weight excluding hydrogens is 815 g/mol. The van der Waals surface area contributed by atoms with E-state index in [2.05, 4.69) is 74.0 Å². The molecular formula is C54H73N5O6. The molecule has 4 unspecified atom stereocenters. The molecule has 3 amide bonds. The molecule has 5 saturated carbocycles. The van der Waals surface area contributed by atoms with E-state index in [0.717, 1.165) is 56.1 Å². The molecule has 1 heterocycles. The van der Waals surface area contributed by atoms with Crippen LogP contribution >= 0.6 is 0 Å². The average molecular weight is 888 g/mol. The van der Waals surface area contributed by atoms with Crippen LogP contribution in [0.5, 0.6) is 0 Å². The Balaban J connectivity index is 0.878. The van der Waals surface area contributed by atoms with Crippen molar-refractivity contribution in [1.29, 1.82) is 0 Å². The molecule has 11 nitrogen and oxygen atoms in total. The second kappa shape index (κ2) is 17.8. The number of esters is 1.